The second kappa shape index (κ2) is 7.43. The van der Waals surface area contributed by atoms with Crippen LogP contribution in [0.3, 0.4) is 0 Å². The smallest absolute Gasteiger partial charge is 0.374 e. The highest BCUT2D eigenvalue weighted by Crippen LogP contribution is 2.51. The molecular weight excluding hydrogens is 392 g/mol. The second-order valence-corrected chi connectivity index (χ2v) is 9.93. The van der Waals surface area contributed by atoms with Crippen molar-refractivity contribution < 1.29 is 18.6 Å². The fourth-order valence-corrected chi connectivity index (χ4v) is 4.33. The van der Waals surface area contributed by atoms with Crippen LogP contribution < -0.4 is 9.61 Å². The molecule has 0 amide bonds. The molecule has 0 aliphatic heterocycles. The van der Waals surface area contributed by atoms with Crippen molar-refractivity contribution in [1.29, 1.82) is 0 Å². The van der Waals surface area contributed by atoms with E-state index in [-0.39, 0.29) is 6.10 Å². The van der Waals surface area contributed by atoms with Gasteiger partial charge in [0.25, 0.3) is 0 Å². The summed E-state index contributed by atoms with van der Waals surface area (Å²) < 4.78 is 22.8. The van der Waals surface area contributed by atoms with Crippen LogP contribution in [-0.2, 0) is 14.1 Å². The van der Waals surface area contributed by atoms with Crippen molar-refractivity contribution in [2.75, 3.05) is 0 Å². The highest BCUT2D eigenvalue weighted by molar-refractivity contribution is 14.2. The molecule has 2 atom stereocenters. The molecule has 0 aromatic heterocycles. The van der Waals surface area contributed by atoms with Gasteiger partial charge in [-0.1, -0.05) is 17.7 Å². The Bertz CT molecular complexity index is 504. The number of nitrogens with one attached hydrogen (secondary N) is 1. The maximum Gasteiger partial charge on any atom is 0.374 e. The molecule has 1 aromatic carbocycles. The molecular formula is C13H19INO4P. The average molecular weight is 411 g/mol. The van der Waals surface area contributed by atoms with Crippen LogP contribution in [0.5, 0.6) is 5.75 Å². The molecule has 0 saturated carbocycles. The molecule has 112 valence electrons. The Balaban J connectivity index is 2.62. The van der Waals surface area contributed by atoms with Crippen molar-refractivity contribution >= 4 is 33.2 Å². The molecule has 0 aliphatic rings. The molecule has 0 bridgehead atoms. The van der Waals surface area contributed by atoms with E-state index >= 15 is 0 Å². The summed E-state index contributed by atoms with van der Waals surface area (Å²) in [6.45, 7) is 7.07. The summed E-state index contributed by atoms with van der Waals surface area (Å²) in [5, 5.41) is -0.494. The Labute approximate surface area is 132 Å². The molecule has 5 nitrogen and oxygen atoms in total. The molecule has 0 radical (unpaired) electrons. The number of carbonyl (C=O) groups is 1. The zero-order valence-corrected chi connectivity index (χ0v) is 15.0. The first-order chi connectivity index (χ1) is 9.19. The normalized spacial score (nSPS) is 15.5. The number of halogens is 1. The summed E-state index contributed by atoms with van der Waals surface area (Å²) in [6, 6.07) is 6.49. The van der Waals surface area contributed by atoms with Gasteiger partial charge >= 0.3 is 11.1 Å². The van der Waals surface area contributed by atoms with Crippen LogP contribution in [-0.4, -0.2) is 18.1 Å². The van der Waals surface area contributed by atoms with Gasteiger partial charge in [-0.3, -0.25) is 4.79 Å². The number of ether oxygens (including phenoxy) is 1. The molecule has 0 aliphatic carbocycles. The number of hydrogen-bond acceptors (Lipinski definition) is 4. The lowest BCUT2D eigenvalue weighted by Gasteiger charge is -2.19. The molecule has 0 heterocycles. The highest BCUT2D eigenvalue weighted by Gasteiger charge is 2.27. The number of aryl methyl sites for hydroxylation is 1. The summed E-state index contributed by atoms with van der Waals surface area (Å²) in [5.41, 5.74) is 1.09. The minimum Gasteiger partial charge on any atom is -0.462 e. The van der Waals surface area contributed by atoms with Crippen LogP contribution in [0, 0.1) is 6.92 Å². The van der Waals surface area contributed by atoms with Gasteiger partial charge in [-0.25, -0.2) is 9.65 Å². The average Bonchev–Trinajstić information content (AvgIpc) is 2.30. The lowest BCUT2D eigenvalue weighted by atomic mass is 10.2. The van der Waals surface area contributed by atoms with E-state index in [0.717, 1.165) is 5.56 Å². The largest absolute Gasteiger partial charge is 0.462 e. The first-order valence-corrected chi connectivity index (χ1v) is 10.6. The van der Waals surface area contributed by atoms with E-state index in [1.54, 1.807) is 54.9 Å². The van der Waals surface area contributed by atoms with Crippen molar-refractivity contribution in [3.05, 3.63) is 29.8 Å². The molecule has 1 unspecified atom stereocenters. The third-order valence-corrected chi connectivity index (χ3v) is 4.86. The predicted molar refractivity (Wildman–Crippen MR) is 87.3 cm³/mol. The zero-order valence-electron chi connectivity index (χ0n) is 11.9. The predicted octanol–water partition coefficient (Wildman–Crippen LogP) is 3.85. The van der Waals surface area contributed by atoms with Crippen LogP contribution in [0.4, 0.5) is 0 Å². The maximum absolute atomic E-state index is 12.3. The summed E-state index contributed by atoms with van der Waals surface area (Å²) in [6.07, 6.45) is -0.210. The van der Waals surface area contributed by atoms with Crippen LogP contribution in [0.15, 0.2) is 24.3 Å². The van der Waals surface area contributed by atoms with Crippen molar-refractivity contribution in [2.24, 2.45) is 0 Å². The summed E-state index contributed by atoms with van der Waals surface area (Å²) in [4.78, 5) is 11.7. The number of hydrogen-bond donors (Lipinski definition) is 1. The van der Waals surface area contributed by atoms with Crippen molar-refractivity contribution in [3.8, 4) is 5.75 Å². The van der Waals surface area contributed by atoms with Crippen molar-refractivity contribution in [3.63, 3.8) is 0 Å². The quantitative estimate of drug-likeness (QED) is 0.438. The van der Waals surface area contributed by atoms with Crippen molar-refractivity contribution in [2.45, 2.75) is 39.8 Å². The Kier molecular flexibility index (Phi) is 6.48. The first kappa shape index (κ1) is 17.5. The van der Waals surface area contributed by atoms with Crippen LogP contribution in [0.1, 0.15) is 26.3 Å². The second-order valence-electron chi connectivity index (χ2n) is 4.72. The van der Waals surface area contributed by atoms with Gasteiger partial charge in [0.2, 0.25) is 0 Å². The highest BCUT2D eigenvalue weighted by atomic mass is 127. The van der Waals surface area contributed by atoms with Crippen LogP contribution in [0.25, 0.3) is 0 Å². The van der Waals surface area contributed by atoms with E-state index in [1.165, 1.54) is 0 Å². The lowest BCUT2D eigenvalue weighted by Crippen LogP contribution is -2.34. The first-order valence-electron chi connectivity index (χ1n) is 6.24. The topological polar surface area (TPSA) is 64.6 Å². The van der Waals surface area contributed by atoms with E-state index in [4.69, 9.17) is 9.26 Å². The van der Waals surface area contributed by atoms with E-state index < -0.39 is 17.2 Å². The molecule has 1 rings (SSSR count). The molecule has 0 spiro atoms. The molecule has 20 heavy (non-hydrogen) atoms. The van der Waals surface area contributed by atoms with Crippen LogP contribution >= 0.6 is 27.2 Å². The van der Waals surface area contributed by atoms with E-state index in [2.05, 4.69) is 5.09 Å². The molecule has 7 heteroatoms. The van der Waals surface area contributed by atoms with Gasteiger partial charge in [0.1, 0.15) is 11.8 Å². The maximum atomic E-state index is 12.3. The Hall–Kier alpha value is -0.590. The van der Waals surface area contributed by atoms with Crippen LogP contribution in [0.2, 0.25) is 0 Å². The number of esters is 1. The van der Waals surface area contributed by atoms with E-state index in [9.17, 15) is 9.36 Å². The minimum absolute atomic E-state index is 0.210. The number of rotatable bonds is 6. The molecule has 1 N–H and O–H groups in total. The van der Waals surface area contributed by atoms with Crippen molar-refractivity contribution in [1.82, 2.24) is 5.09 Å². The number of carbonyl (C=O) groups excluding carboxylic acids is 1. The third-order valence-electron chi connectivity index (χ3n) is 2.30. The molecule has 1 aromatic rings. The van der Waals surface area contributed by atoms with E-state index in [0.29, 0.717) is 5.75 Å². The fraction of sp³-hybridized carbons (Fsp3) is 0.462. The minimum atomic E-state index is -3.16. The SMILES string of the molecule is Cc1ccc(OP(=O)(I)N[C@@H](C)C(=O)OC(C)C)cc1. The lowest BCUT2D eigenvalue weighted by molar-refractivity contribution is -0.148. The summed E-state index contributed by atoms with van der Waals surface area (Å²) in [7, 11) is 0. The fourth-order valence-electron chi connectivity index (χ4n) is 1.38. The monoisotopic (exact) mass is 411 g/mol. The van der Waals surface area contributed by atoms with Gasteiger partial charge < -0.3 is 9.26 Å². The standard InChI is InChI=1S/C13H19INO4P/c1-9(2)18-13(16)11(4)15-20(14,17)19-12-7-5-10(3)6-8-12/h5-9,11H,1-4H3,(H,15,17)/t11-,20?/m0/s1. The summed E-state index contributed by atoms with van der Waals surface area (Å²) >= 11 is 1.68. The molecule has 0 fully saturated rings. The Morgan fingerprint density at radius 2 is 1.80 bits per heavy atom. The van der Waals surface area contributed by atoms with Gasteiger partial charge in [0.05, 0.1) is 28.1 Å². The molecule has 0 saturated heterocycles. The van der Waals surface area contributed by atoms with E-state index in [1.807, 2.05) is 19.1 Å². The third kappa shape index (κ3) is 6.24. The Morgan fingerprint density at radius 3 is 2.30 bits per heavy atom. The van der Waals surface area contributed by atoms with Gasteiger partial charge in [0, 0.05) is 0 Å². The summed E-state index contributed by atoms with van der Waals surface area (Å²) in [5.74, 6) is 0.0367. The zero-order chi connectivity index (χ0) is 15.3. The number of benzene rings is 1. The van der Waals surface area contributed by atoms with Gasteiger partial charge in [0.15, 0.2) is 0 Å². The Morgan fingerprint density at radius 1 is 1.25 bits per heavy atom. The van der Waals surface area contributed by atoms with Gasteiger partial charge in [-0.15, -0.1) is 0 Å². The van der Waals surface area contributed by atoms with Gasteiger partial charge in [-0.05, 0) is 39.8 Å². The van der Waals surface area contributed by atoms with Gasteiger partial charge in [-0.2, -0.15) is 0 Å².